The molecule has 0 atom stereocenters. The highest BCUT2D eigenvalue weighted by Gasteiger charge is 2.52. The summed E-state index contributed by atoms with van der Waals surface area (Å²) in [5.41, 5.74) is 2.77. The van der Waals surface area contributed by atoms with Gasteiger partial charge in [-0.2, -0.15) is 0 Å². The van der Waals surface area contributed by atoms with E-state index < -0.39 is 15.4 Å². The molecule has 2 aromatic rings. The molecule has 9 heteroatoms. The van der Waals surface area contributed by atoms with E-state index in [4.69, 9.17) is 9.47 Å². The lowest BCUT2D eigenvalue weighted by Gasteiger charge is -2.36. The van der Waals surface area contributed by atoms with Crippen molar-refractivity contribution in [2.75, 3.05) is 37.3 Å². The summed E-state index contributed by atoms with van der Waals surface area (Å²) in [6.07, 6.45) is 4.46. The van der Waals surface area contributed by atoms with E-state index in [0.29, 0.717) is 11.4 Å². The number of piperidine rings is 1. The second-order valence-electron chi connectivity index (χ2n) is 9.02. The van der Waals surface area contributed by atoms with Crippen molar-refractivity contribution in [2.45, 2.75) is 48.3 Å². The average Bonchev–Trinajstić information content (AvgIpc) is 3.10. The van der Waals surface area contributed by atoms with E-state index in [-0.39, 0.29) is 22.5 Å². The molecule has 0 unspecified atom stereocenters. The number of carbonyl (C=O) groups is 1. The number of methoxy groups -OCH3 is 2. The summed E-state index contributed by atoms with van der Waals surface area (Å²) in [6, 6.07) is 8.33. The Bertz CT molecular complexity index is 1200. The Morgan fingerprint density at radius 1 is 1.06 bits per heavy atom. The minimum absolute atomic E-state index is 0.0299. The fourth-order valence-electron chi connectivity index (χ4n) is 5.28. The first-order valence-corrected chi connectivity index (χ1v) is 12.8. The van der Waals surface area contributed by atoms with Crippen molar-refractivity contribution in [3.8, 4) is 11.5 Å². The summed E-state index contributed by atoms with van der Waals surface area (Å²) in [5.74, 6) is 1.01. The molecule has 0 aromatic heterocycles. The van der Waals surface area contributed by atoms with Crippen LogP contribution in [0.25, 0.3) is 0 Å². The van der Waals surface area contributed by atoms with Crippen molar-refractivity contribution in [3.05, 3.63) is 41.5 Å². The molecule has 3 aliphatic rings. The number of ether oxygens (including phenoxy) is 2. The summed E-state index contributed by atoms with van der Waals surface area (Å²) in [7, 11) is -0.994. The van der Waals surface area contributed by atoms with Crippen LogP contribution < -0.4 is 24.8 Å². The van der Waals surface area contributed by atoms with Crippen LogP contribution in [0.1, 0.15) is 49.1 Å². The summed E-state index contributed by atoms with van der Waals surface area (Å²) in [5, 5.41) is 6.51. The van der Waals surface area contributed by atoms with Gasteiger partial charge in [0.25, 0.3) is 10.0 Å². The van der Waals surface area contributed by atoms with Crippen molar-refractivity contribution in [2.24, 2.45) is 0 Å². The number of sulfonamides is 1. The standard InChI is InChI=1S/C24H29N3O5S/c1-31-17-4-5-21(20(14-17)32-2)33(29,30)27-16-12-18(15-6-10-25-11-7-15)22-19(13-16)24(8-3-9-24)23(28)26-22/h4-5,12-15,25,27H,3,6-11H2,1-2H3,(H,26,28). The number of nitrogens with one attached hydrogen (secondary N) is 3. The first-order chi connectivity index (χ1) is 15.9. The molecule has 3 N–H and O–H groups in total. The van der Waals surface area contributed by atoms with Gasteiger partial charge in [0.1, 0.15) is 16.4 Å². The van der Waals surface area contributed by atoms with Crippen LogP contribution in [-0.4, -0.2) is 41.6 Å². The van der Waals surface area contributed by atoms with Gasteiger partial charge in [0.2, 0.25) is 5.91 Å². The molecule has 2 aliphatic heterocycles. The van der Waals surface area contributed by atoms with Crippen molar-refractivity contribution in [3.63, 3.8) is 0 Å². The summed E-state index contributed by atoms with van der Waals surface area (Å²) >= 11 is 0. The topological polar surface area (TPSA) is 106 Å². The molecular formula is C24H29N3O5S. The highest BCUT2D eigenvalue weighted by atomic mass is 32.2. The zero-order chi connectivity index (χ0) is 23.2. The smallest absolute Gasteiger partial charge is 0.265 e. The first kappa shape index (κ1) is 22.0. The third-order valence-corrected chi connectivity index (χ3v) is 8.68. The van der Waals surface area contributed by atoms with Gasteiger partial charge in [0.05, 0.1) is 19.6 Å². The van der Waals surface area contributed by atoms with Crippen LogP contribution in [-0.2, 0) is 20.2 Å². The Balaban J connectivity index is 1.57. The Hall–Kier alpha value is -2.78. The molecule has 1 spiro atoms. The summed E-state index contributed by atoms with van der Waals surface area (Å²) in [6.45, 7) is 1.80. The van der Waals surface area contributed by atoms with Gasteiger partial charge in [-0.05, 0) is 80.1 Å². The number of rotatable bonds is 6. The predicted molar refractivity (Wildman–Crippen MR) is 126 cm³/mol. The molecule has 2 heterocycles. The maximum Gasteiger partial charge on any atom is 0.265 e. The van der Waals surface area contributed by atoms with Gasteiger partial charge in [0.15, 0.2) is 0 Å². The lowest BCUT2D eigenvalue weighted by molar-refractivity contribution is -0.123. The predicted octanol–water partition coefficient (Wildman–Crippen LogP) is 3.35. The van der Waals surface area contributed by atoms with E-state index in [0.717, 1.165) is 62.0 Å². The van der Waals surface area contributed by atoms with Gasteiger partial charge < -0.3 is 20.1 Å². The molecule has 2 aromatic carbocycles. The molecule has 1 aliphatic carbocycles. The van der Waals surface area contributed by atoms with Gasteiger partial charge in [-0.3, -0.25) is 9.52 Å². The Labute approximate surface area is 194 Å². The summed E-state index contributed by atoms with van der Waals surface area (Å²) < 4.78 is 40.0. The molecule has 176 valence electrons. The molecule has 1 amide bonds. The van der Waals surface area contributed by atoms with Crippen LogP contribution in [0.5, 0.6) is 11.5 Å². The Kier molecular flexibility index (Phi) is 5.49. The van der Waals surface area contributed by atoms with Gasteiger partial charge in [-0.25, -0.2) is 8.42 Å². The summed E-state index contributed by atoms with van der Waals surface area (Å²) in [4.78, 5) is 13.0. The van der Waals surface area contributed by atoms with Gasteiger partial charge >= 0.3 is 0 Å². The highest BCUT2D eigenvalue weighted by Crippen LogP contribution is 2.54. The fourth-order valence-corrected chi connectivity index (χ4v) is 6.48. The molecule has 0 bridgehead atoms. The number of hydrogen-bond acceptors (Lipinski definition) is 6. The number of fused-ring (bicyclic) bond motifs is 2. The molecule has 2 fully saturated rings. The number of carbonyl (C=O) groups excluding carboxylic acids is 1. The largest absolute Gasteiger partial charge is 0.497 e. The monoisotopic (exact) mass is 471 g/mol. The van der Waals surface area contributed by atoms with Crippen LogP contribution in [0.2, 0.25) is 0 Å². The van der Waals surface area contributed by atoms with Crippen molar-refractivity contribution >= 4 is 27.3 Å². The normalized spacial score (nSPS) is 19.5. The third-order valence-electron chi connectivity index (χ3n) is 7.26. The zero-order valence-corrected chi connectivity index (χ0v) is 19.7. The first-order valence-electron chi connectivity index (χ1n) is 11.3. The molecule has 1 saturated heterocycles. The van der Waals surface area contributed by atoms with Crippen LogP contribution in [0.3, 0.4) is 0 Å². The van der Waals surface area contributed by atoms with E-state index in [1.807, 2.05) is 12.1 Å². The maximum atomic E-state index is 13.4. The highest BCUT2D eigenvalue weighted by molar-refractivity contribution is 7.92. The fraction of sp³-hybridized carbons (Fsp3) is 0.458. The number of hydrogen-bond donors (Lipinski definition) is 3. The van der Waals surface area contributed by atoms with Gasteiger partial charge in [-0.1, -0.05) is 6.42 Å². The minimum atomic E-state index is -3.93. The van der Waals surface area contributed by atoms with E-state index in [1.54, 1.807) is 12.1 Å². The van der Waals surface area contributed by atoms with E-state index >= 15 is 0 Å². The zero-order valence-electron chi connectivity index (χ0n) is 18.9. The van der Waals surface area contributed by atoms with Crippen molar-refractivity contribution in [1.82, 2.24) is 5.32 Å². The maximum absolute atomic E-state index is 13.4. The quantitative estimate of drug-likeness (QED) is 0.597. The molecule has 0 radical (unpaired) electrons. The van der Waals surface area contributed by atoms with E-state index in [1.165, 1.54) is 20.3 Å². The number of amides is 1. The van der Waals surface area contributed by atoms with Crippen LogP contribution in [0.4, 0.5) is 11.4 Å². The van der Waals surface area contributed by atoms with E-state index in [2.05, 4.69) is 15.4 Å². The molecular weight excluding hydrogens is 442 g/mol. The van der Waals surface area contributed by atoms with Crippen molar-refractivity contribution in [1.29, 1.82) is 0 Å². The lowest BCUT2D eigenvalue weighted by atomic mass is 9.65. The van der Waals surface area contributed by atoms with Crippen LogP contribution >= 0.6 is 0 Å². The molecule has 8 nitrogen and oxygen atoms in total. The minimum Gasteiger partial charge on any atom is -0.497 e. The Morgan fingerprint density at radius 3 is 2.45 bits per heavy atom. The van der Waals surface area contributed by atoms with Crippen molar-refractivity contribution < 1.29 is 22.7 Å². The number of anilines is 2. The molecule has 33 heavy (non-hydrogen) atoms. The van der Waals surface area contributed by atoms with Gasteiger partial charge in [0, 0.05) is 17.4 Å². The molecule has 5 rings (SSSR count). The molecule has 1 saturated carbocycles. The lowest BCUT2D eigenvalue weighted by Crippen LogP contribution is -2.40. The second kappa shape index (κ2) is 8.22. The average molecular weight is 472 g/mol. The SMILES string of the molecule is COc1ccc(S(=O)(=O)Nc2cc(C3CCNCC3)c3c(c2)C2(CCC2)C(=O)N3)c(OC)c1. The second-order valence-corrected chi connectivity index (χ2v) is 10.7. The Morgan fingerprint density at radius 2 is 1.82 bits per heavy atom. The van der Waals surface area contributed by atoms with E-state index in [9.17, 15) is 13.2 Å². The van der Waals surface area contributed by atoms with Crippen LogP contribution in [0.15, 0.2) is 35.2 Å². The third kappa shape index (κ3) is 3.63. The van der Waals surface area contributed by atoms with Crippen LogP contribution in [0, 0.1) is 0 Å². The van der Waals surface area contributed by atoms with Gasteiger partial charge in [-0.15, -0.1) is 0 Å². The number of benzene rings is 2.